The van der Waals surface area contributed by atoms with Gasteiger partial charge in [0.2, 0.25) is 0 Å². The summed E-state index contributed by atoms with van der Waals surface area (Å²) < 4.78 is 0. The number of rotatable bonds is 5. The number of nitrogens with two attached hydrogens (primary N) is 1. The van der Waals surface area contributed by atoms with Gasteiger partial charge in [-0.15, -0.1) is 0 Å². The molecule has 15 heavy (non-hydrogen) atoms. The summed E-state index contributed by atoms with van der Waals surface area (Å²) in [6, 6.07) is 4.72. The zero-order valence-corrected chi connectivity index (χ0v) is 9.32. The number of nitrogens with zero attached hydrogens (tertiary/aromatic N) is 2. The quantitative estimate of drug-likeness (QED) is 0.802. The van der Waals surface area contributed by atoms with E-state index in [1.165, 1.54) is 31.4 Å². The summed E-state index contributed by atoms with van der Waals surface area (Å²) in [4.78, 5) is 6.62. The van der Waals surface area contributed by atoms with Crippen molar-refractivity contribution in [2.75, 3.05) is 17.2 Å². The molecule has 2 N–H and O–H groups in total. The van der Waals surface area contributed by atoms with Gasteiger partial charge in [0, 0.05) is 12.6 Å². The smallest absolute Gasteiger partial charge is 0.123 e. The van der Waals surface area contributed by atoms with Crippen molar-refractivity contribution in [3.63, 3.8) is 0 Å². The molecule has 0 unspecified atom stereocenters. The molecule has 1 aliphatic carbocycles. The summed E-state index contributed by atoms with van der Waals surface area (Å²) >= 11 is 0. The van der Waals surface area contributed by atoms with Crippen LogP contribution >= 0.6 is 0 Å². The van der Waals surface area contributed by atoms with Gasteiger partial charge >= 0.3 is 0 Å². The van der Waals surface area contributed by atoms with Crippen LogP contribution in [0.2, 0.25) is 0 Å². The Bertz CT molecular complexity index is 303. The Morgan fingerprint density at radius 2 is 2.27 bits per heavy atom. The predicted molar refractivity (Wildman–Crippen MR) is 63.9 cm³/mol. The molecule has 0 saturated heterocycles. The van der Waals surface area contributed by atoms with E-state index in [4.69, 9.17) is 5.73 Å². The van der Waals surface area contributed by atoms with Crippen LogP contribution < -0.4 is 10.6 Å². The van der Waals surface area contributed by atoms with E-state index in [0.717, 1.165) is 12.6 Å². The van der Waals surface area contributed by atoms with Crippen LogP contribution in [0, 0.1) is 0 Å². The zero-order valence-electron chi connectivity index (χ0n) is 9.32. The Morgan fingerprint density at radius 3 is 2.80 bits per heavy atom. The number of pyridine rings is 1. The van der Waals surface area contributed by atoms with E-state index in [1.54, 1.807) is 0 Å². The summed E-state index contributed by atoms with van der Waals surface area (Å²) in [5.41, 5.74) is 6.81. The van der Waals surface area contributed by atoms with Gasteiger partial charge in [0.1, 0.15) is 5.82 Å². The van der Waals surface area contributed by atoms with Gasteiger partial charge in [-0.1, -0.05) is 13.3 Å². The average Bonchev–Trinajstić information content (AvgIpc) is 3.05. The van der Waals surface area contributed by atoms with Gasteiger partial charge < -0.3 is 10.6 Å². The Kier molecular flexibility index (Phi) is 3.09. The van der Waals surface area contributed by atoms with Crippen LogP contribution in [0.1, 0.15) is 32.6 Å². The largest absolute Gasteiger partial charge is 0.384 e. The molecule has 0 bridgehead atoms. The lowest BCUT2D eigenvalue weighted by Gasteiger charge is -2.24. The summed E-state index contributed by atoms with van der Waals surface area (Å²) in [5, 5.41) is 0. The third kappa shape index (κ3) is 2.61. The van der Waals surface area contributed by atoms with E-state index in [1.807, 2.05) is 12.3 Å². The molecule has 0 radical (unpaired) electrons. The fraction of sp³-hybridized carbons (Fsp3) is 0.583. The van der Waals surface area contributed by atoms with Crippen LogP contribution in [0.15, 0.2) is 18.3 Å². The normalized spacial score (nSPS) is 15.3. The van der Waals surface area contributed by atoms with Crippen molar-refractivity contribution in [2.24, 2.45) is 0 Å². The van der Waals surface area contributed by atoms with Crippen molar-refractivity contribution in [3.8, 4) is 0 Å². The lowest BCUT2D eigenvalue weighted by Crippen LogP contribution is -2.26. The highest BCUT2D eigenvalue weighted by Crippen LogP contribution is 2.31. The Labute approximate surface area is 91.3 Å². The van der Waals surface area contributed by atoms with Gasteiger partial charge in [0.25, 0.3) is 0 Å². The second kappa shape index (κ2) is 4.51. The van der Waals surface area contributed by atoms with Crippen molar-refractivity contribution < 1.29 is 0 Å². The van der Waals surface area contributed by atoms with E-state index in [0.29, 0.717) is 5.82 Å². The molecule has 1 aromatic heterocycles. The van der Waals surface area contributed by atoms with E-state index in [-0.39, 0.29) is 0 Å². The van der Waals surface area contributed by atoms with Gasteiger partial charge in [0.05, 0.1) is 11.9 Å². The monoisotopic (exact) mass is 205 g/mol. The molecule has 0 amide bonds. The van der Waals surface area contributed by atoms with Gasteiger partial charge in [-0.05, 0) is 31.4 Å². The van der Waals surface area contributed by atoms with E-state index in [2.05, 4.69) is 22.9 Å². The molecule has 1 aliphatic rings. The summed E-state index contributed by atoms with van der Waals surface area (Å²) in [7, 11) is 0. The molecular formula is C12H19N3. The van der Waals surface area contributed by atoms with Crippen LogP contribution in [-0.4, -0.2) is 17.6 Å². The van der Waals surface area contributed by atoms with E-state index >= 15 is 0 Å². The van der Waals surface area contributed by atoms with Crippen LogP contribution in [0.4, 0.5) is 11.5 Å². The molecule has 82 valence electrons. The molecule has 1 aromatic rings. The minimum absolute atomic E-state index is 0.602. The van der Waals surface area contributed by atoms with Gasteiger partial charge in [-0.25, -0.2) is 4.98 Å². The molecule has 3 nitrogen and oxygen atoms in total. The maximum atomic E-state index is 5.59. The Morgan fingerprint density at radius 1 is 1.47 bits per heavy atom. The van der Waals surface area contributed by atoms with Crippen LogP contribution in [0.3, 0.4) is 0 Å². The van der Waals surface area contributed by atoms with Crippen molar-refractivity contribution in [2.45, 2.75) is 38.6 Å². The minimum Gasteiger partial charge on any atom is -0.384 e. The topological polar surface area (TPSA) is 42.1 Å². The fourth-order valence-electron chi connectivity index (χ4n) is 1.80. The van der Waals surface area contributed by atoms with Crippen molar-refractivity contribution in [3.05, 3.63) is 18.3 Å². The van der Waals surface area contributed by atoms with Crippen LogP contribution in [0.5, 0.6) is 0 Å². The lowest BCUT2D eigenvalue weighted by atomic mass is 10.2. The molecule has 1 heterocycles. The highest BCUT2D eigenvalue weighted by molar-refractivity contribution is 5.49. The Balaban J connectivity index is 2.06. The molecule has 0 aliphatic heterocycles. The lowest BCUT2D eigenvalue weighted by molar-refractivity contribution is 0.712. The fourth-order valence-corrected chi connectivity index (χ4v) is 1.80. The van der Waals surface area contributed by atoms with Crippen molar-refractivity contribution in [1.82, 2.24) is 4.98 Å². The SMILES string of the molecule is CCCCN(c1ccc(N)nc1)C1CC1. The second-order valence-corrected chi connectivity index (χ2v) is 4.22. The van der Waals surface area contributed by atoms with Crippen molar-refractivity contribution >= 4 is 11.5 Å². The third-order valence-corrected chi connectivity index (χ3v) is 2.84. The first-order valence-electron chi connectivity index (χ1n) is 5.79. The van der Waals surface area contributed by atoms with Crippen LogP contribution in [0.25, 0.3) is 0 Å². The van der Waals surface area contributed by atoms with E-state index < -0.39 is 0 Å². The van der Waals surface area contributed by atoms with Crippen molar-refractivity contribution in [1.29, 1.82) is 0 Å². The first-order valence-corrected chi connectivity index (χ1v) is 5.79. The van der Waals surface area contributed by atoms with Gasteiger partial charge in [-0.3, -0.25) is 0 Å². The summed E-state index contributed by atoms with van der Waals surface area (Å²) in [6.07, 6.45) is 7.04. The van der Waals surface area contributed by atoms with Gasteiger partial charge in [0.15, 0.2) is 0 Å². The molecule has 2 rings (SSSR count). The first-order chi connectivity index (χ1) is 7.31. The van der Waals surface area contributed by atoms with Crippen LogP contribution in [-0.2, 0) is 0 Å². The maximum absolute atomic E-state index is 5.59. The number of nitrogen functional groups attached to an aromatic ring is 1. The molecule has 3 heteroatoms. The molecule has 0 spiro atoms. The molecule has 1 saturated carbocycles. The number of anilines is 2. The van der Waals surface area contributed by atoms with Gasteiger partial charge in [-0.2, -0.15) is 0 Å². The summed E-state index contributed by atoms with van der Waals surface area (Å²) in [5.74, 6) is 0.602. The second-order valence-electron chi connectivity index (χ2n) is 4.22. The molecular weight excluding hydrogens is 186 g/mol. The number of unbranched alkanes of at least 4 members (excludes halogenated alkanes) is 1. The third-order valence-electron chi connectivity index (χ3n) is 2.84. The zero-order chi connectivity index (χ0) is 10.7. The molecule has 1 fully saturated rings. The first kappa shape index (κ1) is 10.3. The minimum atomic E-state index is 0.602. The highest BCUT2D eigenvalue weighted by Gasteiger charge is 2.28. The highest BCUT2D eigenvalue weighted by atomic mass is 15.2. The molecule has 0 aromatic carbocycles. The predicted octanol–water partition coefficient (Wildman–Crippen LogP) is 2.43. The maximum Gasteiger partial charge on any atom is 0.123 e. The standard InChI is InChI=1S/C12H19N3/c1-2-3-8-15(10-4-5-10)11-6-7-12(13)14-9-11/h6-7,9-10H,2-5,8H2,1H3,(H2,13,14). The number of hydrogen-bond donors (Lipinski definition) is 1. The number of aromatic nitrogens is 1. The average molecular weight is 205 g/mol. The van der Waals surface area contributed by atoms with E-state index in [9.17, 15) is 0 Å². The number of hydrogen-bond acceptors (Lipinski definition) is 3. The Hall–Kier alpha value is -1.25. The molecule has 0 atom stereocenters. The summed E-state index contributed by atoms with van der Waals surface area (Å²) in [6.45, 7) is 3.37.